The second-order valence-corrected chi connectivity index (χ2v) is 4.89. The smallest absolute Gasteiger partial charge is 0.236 e. The topological polar surface area (TPSA) is 72.2 Å². The lowest BCUT2D eigenvalue weighted by Crippen LogP contribution is -2.23. The zero-order chi connectivity index (χ0) is 11.7. The van der Waals surface area contributed by atoms with Crippen LogP contribution in [0.15, 0.2) is 18.5 Å². The van der Waals surface area contributed by atoms with Crippen molar-refractivity contribution in [3.05, 3.63) is 18.5 Å². The van der Waals surface area contributed by atoms with Gasteiger partial charge < -0.3 is 5.32 Å². The minimum atomic E-state index is 0.0410. The van der Waals surface area contributed by atoms with Crippen LogP contribution in [-0.4, -0.2) is 25.7 Å². The fourth-order valence-corrected chi connectivity index (χ4v) is 2.57. The number of anilines is 1. The Labute approximate surface area is 101 Å². The summed E-state index contributed by atoms with van der Waals surface area (Å²) in [6.45, 7) is 0. The summed E-state index contributed by atoms with van der Waals surface area (Å²) in [5.74, 6) is 0.105. The molecule has 17 heavy (non-hydrogen) atoms. The average Bonchev–Trinajstić information content (AvgIpc) is 2.90. The van der Waals surface area contributed by atoms with Gasteiger partial charge in [0.1, 0.15) is 6.33 Å². The van der Waals surface area contributed by atoms with Crippen molar-refractivity contribution >= 4 is 27.3 Å². The maximum atomic E-state index is 11.9. The predicted molar refractivity (Wildman–Crippen MR) is 63.8 cm³/mol. The van der Waals surface area contributed by atoms with Crippen molar-refractivity contribution in [2.24, 2.45) is 5.92 Å². The molecule has 1 N–H and O–H groups in total. The first-order chi connectivity index (χ1) is 8.33. The first-order valence-electron chi connectivity index (χ1n) is 5.45. The molecule has 0 unspecified atom stereocenters. The van der Waals surface area contributed by atoms with Crippen molar-refractivity contribution in [2.45, 2.75) is 19.3 Å². The molecule has 0 aromatic carbocycles. The Kier molecular flexibility index (Phi) is 2.60. The molecule has 0 bridgehead atoms. The van der Waals surface area contributed by atoms with Crippen LogP contribution in [0.5, 0.6) is 0 Å². The van der Waals surface area contributed by atoms with Crippen LogP contribution in [0.3, 0.4) is 0 Å². The number of hydrogen-bond acceptors (Lipinski definition) is 5. The average molecular weight is 249 g/mol. The third kappa shape index (κ3) is 2.05. The highest BCUT2D eigenvalue weighted by molar-refractivity contribution is 7.20. The molecule has 1 atom stereocenters. The van der Waals surface area contributed by atoms with E-state index in [-0.39, 0.29) is 11.8 Å². The van der Waals surface area contributed by atoms with Crippen molar-refractivity contribution in [3.63, 3.8) is 0 Å². The van der Waals surface area contributed by atoms with Crippen LogP contribution in [0.25, 0.3) is 4.96 Å². The van der Waals surface area contributed by atoms with E-state index in [2.05, 4.69) is 32.8 Å². The molecule has 0 saturated heterocycles. The Bertz CT molecular complexity index is 544. The van der Waals surface area contributed by atoms with Crippen LogP contribution in [-0.2, 0) is 4.79 Å². The first-order valence-corrected chi connectivity index (χ1v) is 6.27. The molecule has 0 fully saturated rings. The van der Waals surface area contributed by atoms with Gasteiger partial charge in [0.15, 0.2) is 0 Å². The van der Waals surface area contributed by atoms with E-state index in [1.165, 1.54) is 17.7 Å². The number of nitrogens with zero attached hydrogens (tertiary/aromatic N) is 4. The Hall–Kier alpha value is -1.76. The summed E-state index contributed by atoms with van der Waals surface area (Å²) in [7, 11) is 0. The van der Waals surface area contributed by atoms with E-state index < -0.39 is 0 Å². The van der Waals surface area contributed by atoms with Crippen LogP contribution < -0.4 is 5.32 Å². The highest BCUT2D eigenvalue weighted by atomic mass is 32.1. The molecular weight excluding hydrogens is 238 g/mol. The molecular formula is C10H11N5OS. The quantitative estimate of drug-likeness (QED) is 0.818. The molecule has 2 aromatic rings. The number of allylic oxidation sites excluding steroid dienone is 2. The molecule has 2 aromatic heterocycles. The number of rotatable bonds is 2. The molecule has 88 valence electrons. The number of fused-ring (bicyclic) bond motifs is 1. The highest BCUT2D eigenvalue weighted by Gasteiger charge is 2.20. The normalized spacial score (nSPS) is 19.6. The van der Waals surface area contributed by atoms with E-state index >= 15 is 0 Å². The lowest BCUT2D eigenvalue weighted by atomic mass is 9.94. The molecule has 2 heterocycles. The summed E-state index contributed by atoms with van der Waals surface area (Å²) < 4.78 is 1.56. The van der Waals surface area contributed by atoms with Gasteiger partial charge in [-0.15, -0.1) is 15.3 Å². The van der Waals surface area contributed by atoms with E-state index in [9.17, 15) is 4.79 Å². The van der Waals surface area contributed by atoms with Gasteiger partial charge in [0.25, 0.3) is 0 Å². The van der Waals surface area contributed by atoms with Gasteiger partial charge >= 0.3 is 0 Å². The van der Waals surface area contributed by atoms with Gasteiger partial charge in [-0.3, -0.25) is 4.79 Å². The third-order valence-electron chi connectivity index (χ3n) is 2.76. The molecule has 0 spiro atoms. The monoisotopic (exact) mass is 249 g/mol. The number of carbonyl (C=O) groups is 1. The lowest BCUT2D eigenvalue weighted by molar-refractivity contribution is -0.120. The van der Waals surface area contributed by atoms with Crippen molar-refractivity contribution < 1.29 is 4.79 Å². The summed E-state index contributed by atoms with van der Waals surface area (Å²) in [5, 5.41) is 15.2. The maximum Gasteiger partial charge on any atom is 0.236 e. The van der Waals surface area contributed by atoms with Crippen LogP contribution in [0, 0.1) is 5.92 Å². The second kappa shape index (κ2) is 4.25. The maximum absolute atomic E-state index is 11.9. The molecule has 0 aliphatic heterocycles. The third-order valence-corrected chi connectivity index (χ3v) is 3.59. The van der Waals surface area contributed by atoms with Gasteiger partial charge in [-0.25, -0.2) is 0 Å². The Morgan fingerprint density at radius 2 is 2.47 bits per heavy atom. The van der Waals surface area contributed by atoms with Crippen LogP contribution in [0.1, 0.15) is 19.3 Å². The van der Waals surface area contributed by atoms with E-state index in [4.69, 9.17) is 0 Å². The van der Waals surface area contributed by atoms with E-state index in [1.54, 1.807) is 4.52 Å². The van der Waals surface area contributed by atoms with E-state index in [0.29, 0.717) is 10.1 Å². The van der Waals surface area contributed by atoms with E-state index in [1.807, 2.05) is 0 Å². The molecule has 0 radical (unpaired) electrons. The molecule has 0 saturated carbocycles. The van der Waals surface area contributed by atoms with Gasteiger partial charge in [0.05, 0.1) is 0 Å². The molecule has 6 nitrogen and oxygen atoms in total. The molecule has 1 amide bonds. The molecule has 1 aliphatic rings. The first kappa shape index (κ1) is 10.4. The zero-order valence-electron chi connectivity index (χ0n) is 9.04. The number of hydrogen-bond donors (Lipinski definition) is 1. The van der Waals surface area contributed by atoms with E-state index in [0.717, 1.165) is 19.3 Å². The standard InChI is InChI=1S/C10H11N5OS/c16-8(7-4-2-1-3-5-7)12-9-14-15-6-11-13-10(15)17-9/h1-2,6-7H,3-5H2,(H,12,14,16)/t7-/m1/s1. The van der Waals surface area contributed by atoms with Gasteiger partial charge in [0.2, 0.25) is 16.0 Å². The Morgan fingerprint density at radius 1 is 1.53 bits per heavy atom. The fraction of sp³-hybridized carbons (Fsp3) is 0.400. The van der Waals surface area contributed by atoms with Gasteiger partial charge in [0, 0.05) is 5.92 Å². The summed E-state index contributed by atoms with van der Waals surface area (Å²) in [4.78, 5) is 12.6. The summed E-state index contributed by atoms with van der Waals surface area (Å²) in [5.41, 5.74) is 0. The van der Waals surface area contributed by atoms with Crippen molar-refractivity contribution in [1.29, 1.82) is 0 Å². The van der Waals surface area contributed by atoms with Crippen molar-refractivity contribution in [3.8, 4) is 0 Å². The number of aromatic nitrogens is 4. The van der Waals surface area contributed by atoms with Gasteiger partial charge in [-0.05, 0) is 19.3 Å². The van der Waals surface area contributed by atoms with Crippen LogP contribution in [0.4, 0.5) is 5.13 Å². The highest BCUT2D eigenvalue weighted by Crippen LogP contribution is 2.22. The van der Waals surface area contributed by atoms with Crippen LogP contribution in [0.2, 0.25) is 0 Å². The number of nitrogens with one attached hydrogen (secondary N) is 1. The van der Waals surface area contributed by atoms with Gasteiger partial charge in [-0.2, -0.15) is 4.52 Å². The Morgan fingerprint density at radius 3 is 3.24 bits per heavy atom. The Balaban J connectivity index is 1.72. The van der Waals surface area contributed by atoms with Gasteiger partial charge in [-0.1, -0.05) is 23.5 Å². The predicted octanol–water partition coefficient (Wildman–Crippen LogP) is 1.48. The van der Waals surface area contributed by atoms with Crippen molar-refractivity contribution in [1.82, 2.24) is 19.8 Å². The SMILES string of the molecule is O=C(Nc1nn2cnnc2s1)[C@@H]1CC=CCC1. The zero-order valence-corrected chi connectivity index (χ0v) is 9.85. The minimum absolute atomic E-state index is 0.0410. The van der Waals surface area contributed by atoms with Crippen LogP contribution >= 0.6 is 11.3 Å². The largest absolute Gasteiger partial charge is 0.300 e. The molecule has 3 rings (SSSR count). The summed E-state index contributed by atoms with van der Waals surface area (Å²) >= 11 is 1.32. The summed E-state index contributed by atoms with van der Waals surface area (Å²) in [6, 6.07) is 0. The number of amides is 1. The molecule has 1 aliphatic carbocycles. The second-order valence-electron chi connectivity index (χ2n) is 3.94. The fourth-order valence-electron chi connectivity index (χ4n) is 1.85. The van der Waals surface area contributed by atoms with Crippen molar-refractivity contribution in [2.75, 3.05) is 5.32 Å². The minimum Gasteiger partial charge on any atom is -0.300 e. The lowest BCUT2D eigenvalue weighted by Gasteiger charge is -2.15. The number of carbonyl (C=O) groups excluding carboxylic acids is 1. The molecule has 7 heteroatoms. The summed E-state index contributed by atoms with van der Waals surface area (Å²) in [6.07, 6.45) is 8.40.